The zero-order valence-corrected chi connectivity index (χ0v) is 15.5. The van der Waals surface area contributed by atoms with Gasteiger partial charge in [-0.3, -0.25) is 4.79 Å². The summed E-state index contributed by atoms with van der Waals surface area (Å²) in [6.45, 7) is 1.12. The van der Waals surface area contributed by atoms with E-state index < -0.39 is 51.7 Å². The fourth-order valence-electron chi connectivity index (χ4n) is 3.28. The van der Waals surface area contributed by atoms with Crippen molar-refractivity contribution in [3.8, 4) is 0 Å². The minimum atomic E-state index is -2.15. The first kappa shape index (κ1) is 21.9. The summed E-state index contributed by atoms with van der Waals surface area (Å²) in [5.74, 6) is -10.4. The van der Waals surface area contributed by atoms with Crippen molar-refractivity contribution in [3.63, 3.8) is 0 Å². The molecule has 5 nitrogen and oxygen atoms in total. The molecule has 0 amide bonds. The molecule has 0 aliphatic heterocycles. The number of hydrogen-bond acceptors (Lipinski definition) is 5. The molecule has 0 radical (unpaired) electrons. The molecule has 1 aliphatic rings. The Labute approximate surface area is 159 Å². The van der Waals surface area contributed by atoms with Gasteiger partial charge in [0.25, 0.3) is 0 Å². The SMILES string of the molecule is CCOC(=O)C(=CN(C)C1(CO)CCCC1)C(=O)c1cc(F)c(F)c(F)c1F. The number of likely N-dealkylation sites (N-methyl/N-ethyl adjacent to an activating group) is 1. The first-order chi connectivity index (χ1) is 13.2. The van der Waals surface area contributed by atoms with Crippen LogP contribution in [0.1, 0.15) is 43.0 Å². The van der Waals surface area contributed by atoms with Gasteiger partial charge >= 0.3 is 5.97 Å². The molecule has 0 saturated heterocycles. The van der Waals surface area contributed by atoms with Gasteiger partial charge in [0.1, 0.15) is 5.57 Å². The van der Waals surface area contributed by atoms with Crippen LogP contribution in [0.25, 0.3) is 0 Å². The summed E-state index contributed by atoms with van der Waals surface area (Å²) in [5.41, 5.74) is -2.54. The molecule has 0 heterocycles. The summed E-state index contributed by atoms with van der Waals surface area (Å²) in [6.07, 6.45) is 3.90. The maximum absolute atomic E-state index is 14.0. The Balaban J connectivity index is 2.52. The third-order valence-corrected chi connectivity index (χ3v) is 4.99. The Morgan fingerprint density at radius 1 is 1.18 bits per heavy atom. The van der Waals surface area contributed by atoms with E-state index in [0.717, 1.165) is 19.0 Å². The topological polar surface area (TPSA) is 66.8 Å². The van der Waals surface area contributed by atoms with Crippen LogP contribution < -0.4 is 0 Å². The van der Waals surface area contributed by atoms with Crippen LogP contribution in [0, 0.1) is 23.3 Å². The Morgan fingerprint density at radius 3 is 2.32 bits per heavy atom. The number of carbonyl (C=O) groups is 2. The average molecular weight is 403 g/mol. The minimum absolute atomic E-state index is 0.104. The van der Waals surface area contributed by atoms with E-state index in [-0.39, 0.29) is 19.3 Å². The Kier molecular flexibility index (Phi) is 6.82. The molecule has 154 valence electrons. The number of esters is 1. The molecule has 1 aromatic rings. The number of aliphatic hydroxyl groups excluding tert-OH is 1. The Bertz CT molecular complexity index is 804. The lowest BCUT2D eigenvalue weighted by atomic mass is 9.96. The van der Waals surface area contributed by atoms with Crippen LogP contribution >= 0.6 is 0 Å². The molecule has 28 heavy (non-hydrogen) atoms. The number of ketones is 1. The van der Waals surface area contributed by atoms with Crippen LogP contribution in [-0.4, -0.2) is 47.6 Å². The highest BCUT2D eigenvalue weighted by atomic mass is 19.2. The lowest BCUT2D eigenvalue weighted by molar-refractivity contribution is -0.138. The van der Waals surface area contributed by atoms with Crippen LogP contribution in [-0.2, 0) is 9.53 Å². The molecular formula is C19H21F4NO4. The van der Waals surface area contributed by atoms with Gasteiger partial charge in [-0.2, -0.15) is 0 Å². The van der Waals surface area contributed by atoms with Gasteiger partial charge < -0.3 is 14.7 Å². The summed E-state index contributed by atoms with van der Waals surface area (Å²) in [7, 11) is 1.52. The standard InChI is InChI=1S/C19H21F4NO4/c1-3-28-18(27)12(9-24(2)19(10-25)6-4-5-7-19)17(26)11-8-13(20)15(22)16(23)14(11)21/h8-9,25H,3-7,10H2,1-2H3. The predicted molar refractivity (Wildman–Crippen MR) is 91.4 cm³/mol. The smallest absolute Gasteiger partial charge is 0.343 e. The van der Waals surface area contributed by atoms with Crippen molar-refractivity contribution in [2.75, 3.05) is 20.3 Å². The first-order valence-electron chi connectivity index (χ1n) is 8.79. The summed E-state index contributed by atoms with van der Waals surface area (Å²) in [6, 6.07) is 0.195. The van der Waals surface area contributed by atoms with Crippen molar-refractivity contribution < 1.29 is 37.0 Å². The van der Waals surface area contributed by atoms with Crippen LogP contribution in [0.5, 0.6) is 0 Å². The third kappa shape index (κ3) is 4.04. The highest BCUT2D eigenvalue weighted by molar-refractivity contribution is 6.24. The quantitative estimate of drug-likeness (QED) is 0.111. The number of rotatable bonds is 7. The van der Waals surface area contributed by atoms with Crippen molar-refractivity contribution in [1.29, 1.82) is 0 Å². The first-order valence-corrected chi connectivity index (χ1v) is 8.79. The third-order valence-electron chi connectivity index (χ3n) is 4.99. The fraction of sp³-hybridized carbons (Fsp3) is 0.474. The fourth-order valence-corrected chi connectivity index (χ4v) is 3.28. The Hall–Kier alpha value is -2.42. The molecule has 0 spiro atoms. The van der Waals surface area contributed by atoms with Crippen LogP contribution in [0.15, 0.2) is 17.8 Å². The number of hydrogen-bond donors (Lipinski definition) is 1. The van der Waals surface area contributed by atoms with Gasteiger partial charge in [-0.05, 0) is 25.8 Å². The van der Waals surface area contributed by atoms with Crippen molar-refractivity contribution in [2.45, 2.75) is 38.1 Å². The largest absolute Gasteiger partial charge is 0.462 e. The molecule has 1 saturated carbocycles. The molecule has 0 bridgehead atoms. The van der Waals surface area contributed by atoms with Gasteiger partial charge in [0.05, 0.1) is 24.3 Å². The predicted octanol–water partition coefficient (Wildman–Crippen LogP) is 3.11. The van der Waals surface area contributed by atoms with Gasteiger partial charge in [-0.25, -0.2) is 22.4 Å². The van der Waals surface area contributed by atoms with Crippen molar-refractivity contribution in [3.05, 3.63) is 46.7 Å². The van der Waals surface area contributed by atoms with Crippen molar-refractivity contribution in [2.24, 2.45) is 0 Å². The Morgan fingerprint density at radius 2 is 1.79 bits per heavy atom. The van der Waals surface area contributed by atoms with Crippen LogP contribution in [0.3, 0.4) is 0 Å². The highest BCUT2D eigenvalue weighted by Gasteiger charge is 2.37. The van der Waals surface area contributed by atoms with Crippen molar-refractivity contribution in [1.82, 2.24) is 4.90 Å². The van der Waals surface area contributed by atoms with Gasteiger partial charge in [-0.1, -0.05) is 12.8 Å². The molecule has 1 aliphatic carbocycles. The molecule has 1 aromatic carbocycles. The second-order valence-corrected chi connectivity index (χ2v) is 6.64. The molecule has 9 heteroatoms. The van der Waals surface area contributed by atoms with E-state index in [0.29, 0.717) is 12.8 Å². The number of ether oxygens (including phenoxy) is 1. The van der Waals surface area contributed by atoms with E-state index in [4.69, 9.17) is 4.74 Å². The second-order valence-electron chi connectivity index (χ2n) is 6.64. The van der Waals surface area contributed by atoms with Crippen LogP contribution in [0.2, 0.25) is 0 Å². The molecule has 1 N–H and O–H groups in total. The molecule has 0 atom stereocenters. The van der Waals surface area contributed by atoms with Gasteiger partial charge in [0.2, 0.25) is 5.78 Å². The summed E-state index contributed by atoms with van der Waals surface area (Å²) in [4.78, 5) is 26.4. The number of halogens is 4. The lowest BCUT2D eigenvalue weighted by Crippen LogP contribution is -2.45. The number of aliphatic hydroxyl groups is 1. The normalized spacial score (nSPS) is 16.2. The minimum Gasteiger partial charge on any atom is -0.462 e. The van der Waals surface area contributed by atoms with E-state index in [1.807, 2.05) is 0 Å². The maximum atomic E-state index is 14.0. The maximum Gasteiger partial charge on any atom is 0.343 e. The molecular weight excluding hydrogens is 382 g/mol. The summed E-state index contributed by atoms with van der Waals surface area (Å²) < 4.78 is 59.1. The molecule has 2 rings (SSSR count). The second kappa shape index (κ2) is 8.72. The van der Waals surface area contributed by atoms with E-state index in [1.54, 1.807) is 0 Å². The lowest BCUT2D eigenvalue weighted by Gasteiger charge is -2.37. The number of Topliss-reactive ketones (excluding diaryl/α,β-unsaturated/α-hetero) is 1. The number of carbonyl (C=O) groups excluding carboxylic acids is 2. The summed E-state index contributed by atoms with van der Waals surface area (Å²) >= 11 is 0. The van der Waals surface area contributed by atoms with Crippen LogP contribution in [0.4, 0.5) is 17.6 Å². The van der Waals surface area contributed by atoms with Gasteiger partial charge in [0, 0.05) is 13.2 Å². The van der Waals surface area contributed by atoms with E-state index in [9.17, 15) is 32.3 Å². The number of nitrogens with zero attached hydrogens (tertiary/aromatic N) is 1. The van der Waals surface area contributed by atoms with Crippen molar-refractivity contribution >= 4 is 11.8 Å². The molecule has 1 fully saturated rings. The van der Waals surface area contributed by atoms with Gasteiger partial charge in [-0.15, -0.1) is 0 Å². The highest BCUT2D eigenvalue weighted by Crippen LogP contribution is 2.35. The molecule has 0 aromatic heterocycles. The van der Waals surface area contributed by atoms with E-state index in [1.165, 1.54) is 18.9 Å². The zero-order valence-electron chi connectivity index (χ0n) is 15.5. The monoisotopic (exact) mass is 403 g/mol. The molecule has 0 unspecified atom stereocenters. The van der Waals surface area contributed by atoms with E-state index in [2.05, 4.69) is 0 Å². The zero-order chi connectivity index (χ0) is 21.1. The van der Waals surface area contributed by atoms with E-state index >= 15 is 0 Å². The number of benzene rings is 1. The van der Waals surface area contributed by atoms with Gasteiger partial charge in [0.15, 0.2) is 23.3 Å². The average Bonchev–Trinajstić information content (AvgIpc) is 3.17. The summed E-state index contributed by atoms with van der Waals surface area (Å²) in [5, 5.41) is 9.77.